The number of pyridine rings is 1. The minimum atomic E-state index is -0.292. The number of likely N-dealkylation sites (N-methyl/N-ethyl adjacent to an activating group) is 1. The van der Waals surface area contributed by atoms with Gasteiger partial charge in [0.25, 0.3) is 0 Å². The minimum absolute atomic E-state index is 0.0183. The molecule has 1 saturated heterocycles. The van der Waals surface area contributed by atoms with Crippen molar-refractivity contribution in [2.75, 3.05) is 26.7 Å². The van der Waals surface area contributed by atoms with Gasteiger partial charge in [-0.05, 0) is 24.7 Å². The van der Waals surface area contributed by atoms with Gasteiger partial charge in [-0.2, -0.15) is 0 Å². The Morgan fingerprint density at radius 2 is 1.88 bits per heavy atom. The average Bonchev–Trinajstić information content (AvgIpc) is 2.98. The highest BCUT2D eigenvalue weighted by Crippen LogP contribution is 2.25. The molecular weight excluding hydrogens is 330 g/mol. The highest BCUT2D eigenvalue weighted by Gasteiger charge is 2.30. The lowest BCUT2D eigenvalue weighted by Gasteiger charge is -2.40. The molecule has 1 fully saturated rings. The van der Waals surface area contributed by atoms with Gasteiger partial charge in [0.2, 0.25) is 5.91 Å². The Balaban J connectivity index is 1.61. The summed E-state index contributed by atoms with van der Waals surface area (Å²) in [6.07, 6.45) is 1.66. The first-order valence-electron chi connectivity index (χ1n) is 8.70. The van der Waals surface area contributed by atoms with Gasteiger partial charge in [0.15, 0.2) is 5.65 Å². The van der Waals surface area contributed by atoms with Crippen molar-refractivity contribution in [2.24, 2.45) is 0 Å². The molecule has 0 saturated carbocycles. The summed E-state index contributed by atoms with van der Waals surface area (Å²) in [5, 5.41) is 4.27. The van der Waals surface area contributed by atoms with Gasteiger partial charge in [-0.3, -0.25) is 9.20 Å². The van der Waals surface area contributed by atoms with Crippen LogP contribution in [0.5, 0.6) is 0 Å². The third-order valence-corrected chi connectivity index (χ3v) is 4.86. The molecule has 0 unspecified atom stereocenters. The second-order valence-corrected chi connectivity index (χ2v) is 6.64. The van der Waals surface area contributed by atoms with E-state index in [1.54, 1.807) is 18.3 Å². The Morgan fingerprint density at radius 1 is 1.12 bits per heavy atom. The molecule has 7 nitrogen and oxygen atoms in total. The molecule has 0 N–H and O–H groups in total. The smallest absolute Gasteiger partial charge is 0.331 e. The van der Waals surface area contributed by atoms with E-state index in [1.165, 1.54) is 9.08 Å². The average molecular weight is 351 g/mol. The van der Waals surface area contributed by atoms with Crippen LogP contribution in [-0.2, 0) is 11.3 Å². The van der Waals surface area contributed by atoms with Gasteiger partial charge in [-0.1, -0.05) is 36.4 Å². The molecule has 2 aromatic heterocycles. The Bertz CT molecular complexity index is 978. The van der Waals surface area contributed by atoms with E-state index in [0.717, 1.165) is 18.7 Å². The number of amides is 1. The summed E-state index contributed by atoms with van der Waals surface area (Å²) in [4.78, 5) is 29.5. The zero-order chi connectivity index (χ0) is 18.1. The first kappa shape index (κ1) is 16.5. The Morgan fingerprint density at radius 3 is 2.65 bits per heavy atom. The Labute approximate surface area is 151 Å². The second-order valence-electron chi connectivity index (χ2n) is 6.64. The molecule has 1 atom stereocenters. The number of aromatic nitrogens is 3. The van der Waals surface area contributed by atoms with Crippen LogP contribution in [0, 0.1) is 0 Å². The molecule has 0 bridgehead atoms. The lowest BCUT2D eigenvalue weighted by molar-refractivity contribution is -0.137. The number of piperazine rings is 1. The zero-order valence-corrected chi connectivity index (χ0v) is 14.7. The van der Waals surface area contributed by atoms with Crippen molar-refractivity contribution in [2.45, 2.75) is 12.6 Å². The summed E-state index contributed by atoms with van der Waals surface area (Å²) in [7, 11) is 2.06. The van der Waals surface area contributed by atoms with Crippen LogP contribution in [0.15, 0.2) is 59.5 Å². The number of benzene rings is 1. The van der Waals surface area contributed by atoms with E-state index >= 15 is 0 Å². The molecule has 1 amide bonds. The SMILES string of the molecule is CN1CCN(C(=O)Cn2nc3ccccn3c2=O)[C@@H](c2ccccc2)C1. The van der Waals surface area contributed by atoms with E-state index in [1.807, 2.05) is 41.3 Å². The van der Waals surface area contributed by atoms with Gasteiger partial charge < -0.3 is 9.80 Å². The molecular formula is C19H21N5O2. The molecule has 1 aromatic carbocycles. The van der Waals surface area contributed by atoms with Crippen LogP contribution in [0.25, 0.3) is 5.65 Å². The maximum Gasteiger partial charge on any atom is 0.350 e. The molecule has 3 heterocycles. The standard InChI is InChI=1S/C19H21N5O2/c1-21-11-12-22(16(13-21)15-7-3-2-4-8-15)18(25)14-24-19(26)23-10-6-5-9-17(23)20-24/h2-10,16H,11-14H2,1H3/t16-/m1/s1. The lowest BCUT2D eigenvalue weighted by atomic mass is 10.0. The summed E-state index contributed by atoms with van der Waals surface area (Å²) in [5.41, 5.74) is 1.36. The van der Waals surface area contributed by atoms with Crippen molar-refractivity contribution >= 4 is 11.6 Å². The van der Waals surface area contributed by atoms with E-state index in [9.17, 15) is 9.59 Å². The summed E-state index contributed by atoms with van der Waals surface area (Å²) in [6, 6.07) is 15.4. The normalized spacial score (nSPS) is 18.3. The van der Waals surface area contributed by atoms with Crippen LogP contribution < -0.4 is 5.69 Å². The van der Waals surface area contributed by atoms with Crippen molar-refractivity contribution in [3.63, 3.8) is 0 Å². The van der Waals surface area contributed by atoms with E-state index in [0.29, 0.717) is 12.2 Å². The second kappa shape index (κ2) is 6.76. The highest BCUT2D eigenvalue weighted by atomic mass is 16.2. The topological polar surface area (TPSA) is 62.9 Å². The summed E-state index contributed by atoms with van der Waals surface area (Å²) in [6.45, 7) is 2.18. The summed E-state index contributed by atoms with van der Waals surface area (Å²) in [5.74, 6) is -0.0857. The Hall–Kier alpha value is -2.93. The number of carbonyl (C=O) groups excluding carboxylic acids is 1. The third-order valence-electron chi connectivity index (χ3n) is 4.86. The van der Waals surface area contributed by atoms with Crippen molar-refractivity contribution in [1.29, 1.82) is 0 Å². The maximum atomic E-state index is 13.0. The summed E-state index contributed by atoms with van der Waals surface area (Å²) >= 11 is 0. The molecule has 4 rings (SSSR count). The monoisotopic (exact) mass is 351 g/mol. The minimum Gasteiger partial charge on any atom is -0.331 e. The zero-order valence-electron chi connectivity index (χ0n) is 14.7. The fourth-order valence-electron chi connectivity index (χ4n) is 3.47. The van der Waals surface area contributed by atoms with E-state index in [2.05, 4.69) is 17.0 Å². The molecule has 1 aliphatic rings. The predicted octanol–water partition coefficient (Wildman–Crippen LogP) is 1.01. The van der Waals surface area contributed by atoms with Gasteiger partial charge >= 0.3 is 5.69 Å². The van der Waals surface area contributed by atoms with Crippen LogP contribution in [0.1, 0.15) is 11.6 Å². The number of nitrogens with zero attached hydrogens (tertiary/aromatic N) is 5. The van der Waals surface area contributed by atoms with Crippen LogP contribution >= 0.6 is 0 Å². The van der Waals surface area contributed by atoms with Gasteiger partial charge in [0.1, 0.15) is 6.54 Å². The van der Waals surface area contributed by atoms with Crippen molar-refractivity contribution < 1.29 is 4.79 Å². The molecule has 7 heteroatoms. The first-order valence-corrected chi connectivity index (χ1v) is 8.70. The van der Waals surface area contributed by atoms with Crippen LogP contribution in [0.4, 0.5) is 0 Å². The molecule has 3 aromatic rings. The van der Waals surface area contributed by atoms with Gasteiger partial charge in [0, 0.05) is 25.8 Å². The highest BCUT2D eigenvalue weighted by molar-refractivity contribution is 5.76. The van der Waals surface area contributed by atoms with E-state index < -0.39 is 0 Å². The summed E-state index contributed by atoms with van der Waals surface area (Å²) < 4.78 is 2.70. The number of hydrogen-bond acceptors (Lipinski definition) is 4. The van der Waals surface area contributed by atoms with Gasteiger partial charge in [0.05, 0.1) is 6.04 Å². The predicted molar refractivity (Wildman–Crippen MR) is 97.8 cm³/mol. The van der Waals surface area contributed by atoms with Crippen LogP contribution in [0.2, 0.25) is 0 Å². The van der Waals surface area contributed by atoms with E-state index in [-0.39, 0.29) is 24.2 Å². The van der Waals surface area contributed by atoms with Crippen molar-refractivity contribution in [1.82, 2.24) is 24.0 Å². The van der Waals surface area contributed by atoms with E-state index in [4.69, 9.17) is 0 Å². The van der Waals surface area contributed by atoms with Crippen LogP contribution in [-0.4, -0.2) is 56.6 Å². The quantitative estimate of drug-likeness (QED) is 0.707. The first-order chi connectivity index (χ1) is 12.6. The number of fused-ring (bicyclic) bond motifs is 1. The number of carbonyl (C=O) groups is 1. The third kappa shape index (κ3) is 3.01. The van der Waals surface area contributed by atoms with Crippen molar-refractivity contribution in [3.05, 3.63) is 70.8 Å². The van der Waals surface area contributed by atoms with Crippen molar-refractivity contribution in [3.8, 4) is 0 Å². The molecule has 0 aliphatic carbocycles. The van der Waals surface area contributed by atoms with Gasteiger partial charge in [-0.15, -0.1) is 5.10 Å². The maximum absolute atomic E-state index is 13.0. The number of rotatable bonds is 3. The molecule has 26 heavy (non-hydrogen) atoms. The number of hydrogen-bond donors (Lipinski definition) is 0. The molecule has 0 radical (unpaired) electrons. The largest absolute Gasteiger partial charge is 0.350 e. The lowest BCUT2D eigenvalue weighted by Crippen LogP contribution is -2.50. The molecule has 0 spiro atoms. The molecule has 1 aliphatic heterocycles. The van der Waals surface area contributed by atoms with Gasteiger partial charge in [-0.25, -0.2) is 9.48 Å². The Kier molecular flexibility index (Phi) is 4.30. The fourth-order valence-corrected chi connectivity index (χ4v) is 3.47. The molecule has 134 valence electrons. The van der Waals surface area contributed by atoms with Crippen LogP contribution in [0.3, 0.4) is 0 Å². The fraction of sp³-hybridized carbons (Fsp3) is 0.316.